The van der Waals surface area contributed by atoms with Crippen LogP contribution in [0.2, 0.25) is 0 Å². The van der Waals surface area contributed by atoms with Crippen molar-refractivity contribution in [2.24, 2.45) is 4.99 Å². The SMILES string of the molecule is CC(C)(C)OC(=O)CC[N@+]12C=CN=Cc3cccc(c31)CC2C(=O)OCc1ccccc1. The number of quaternary nitrogens is 1. The summed E-state index contributed by atoms with van der Waals surface area (Å²) in [6.45, 7) is 6.16. The van der Waals surface area contributed by atoms with Crippen molar-refractivity contribution in [2.75, 3.05) is 6.54 Å². The van der Waals surface area contributed by atoms with Crippen molar-refractivity contribution in [1.29, 1.82) is 0 Å². The van der Waals surface area contributed by atoms with Crippen molar-refractivity contribution in [3.05, 3.63) is 77.6 Å². The Morgan fingerprint density at radius 3 is 2.62 bits per heavy atom. The van der Waals surface area contributed by atoms with Crippen molar-refractivity contribution in [1.82, 2.24) is 4.48 Å². The lowest BCUT2D eigenvalue weighted by Gasteiger charge is -2.35. The first-order valence-corrected chi connectivity index (χ1v) is 10.9. The molecule has 0 radical (unpaired) electrons. The maximum Gasteiger partial charge on any atom is 0.366 e. The van der Waals surface area contributed by atoms with Crippen LogP contribution in [-0.2, 0) is 32.1 Å². The molecule has 0 saturated carbocycles. The number of hydrogen-bond donors (Lipinski definition) is 0. The van der Waals surface area contributed by atoms with E-state index in [2.05, 4.69) is 4.99 Å². The van der Waals surface area contributed by atoms with Gasteiger partial charge in [-0.15, -0.1) is 0 Å². The van der Waals surface area contributed by atoms with Crippen molar-refractivity contribution in [3.8, 4) is 0 Å². The van der Waals surface area contributed by atoms with Gasteiger partial charge in [0.15, 0.2) is 5.69 Å². The number of ether oxygens (including phenoxy) is 2. The summed E-state index contributed by atoms with van der Waals surface area (Å²) in [5.74, 6) is -0.572. The van der Waals surface area contributed by atoms with E-state index in [4.69, 9.17) is 9.47 Å². The predicted octanol–water partition coefficient (Wildman–Crippen LogP) is 4.30. The summed E-state index contributed by atoms with van der Waals surface area (Å²) >= 11 is 0. The van der Waals surface area contributed by atoms with Crippen molar-refractivity contribution in [2.45, 2.75) is 51.9 Å². The monoisotopic (exact) mass is 433 g/mol. The van der Waals surface area contributed by atoms with Crippen LogP contribution in [0.15, 0.2) is 65.9 Å². The van der Waals surface area contributed by atoms with Gasteiger partial charge in [0.25, 0.3) is 0 Å². The van der Waals surface area contributed by atoms with Gasteiger partial charge >= 0.3 is 11.9 Å². The van der Waals surface area contributed by atoms with Crippen LogP contribution in [0.4, 0.5) is 5.69 Å². The summed E-state index contributed by atoms with van der Waals surface area (Å²) in [4.78, 5) is 30.3. The van der Waals surface area contributed by atoms with Gasteiger partial charge in [-0.05, 0) is 32.4 Å². The summed E-state index contributed by atoms with van der Waals surface area (Å²) in [5, 5.41) is 0. The molecular formula is C26H29N2O4+. The second-order valence-electron chi connectivity index (χ2n) is 9.24. The lowest BCUT2D eigenvalue weighted by atomic mass is 10.1. The zero-order chi connectivity index (χ0) is 22.8. The summed E-state index contributed by atoms with van der Waals surface area (Å²) < 4.78 is 11.5. The van der Waals surface area contributed by atoms with Crippen LogP contribution in [0.5, 0.6) is 0 Å². The van der Waals surface area contributed by atoms with Crippen LogP contribution < -0.4 is 4.48 Å². The van der Waals surface area contributed by atoms with E-state index in [0.717, 1.165) is 22.4 Å². The van der Waals surface area contributed by atoms with E-state index < -0.39 is 11.6 Å². The standard InChI is InChI=1S/C26H29N2O4/c1-26(2,3)32-23(29)12-14-28-15-13-27-17-21-11-7-10-20(24(21)28)16-22(28)25(30)31-18-19-8-5-4-6-9-19/h4-11,13,15,17,22H,12,14,16,18H2,1-3H3/q+1/t22?,28-/m1/s1. The Labute approximate surface area is 188 Å². The molecule has 6 nitrogen and oxygen atoms in total. The summed E-state index contributed by atoms with van der Waals surface area (Å²) in [6.07, 6.45) is 6.15. The number of aliphatic imine (C=N–C) groups is 1. The Kier molecular flexibility index (Phi) is 5.98. The third-order valence-electron chi connectivity index (χ3n) is 5.77. The first-order chi connectivity index (χ1) is 15.3. The highest BCUT2D eigenvalue weighted by atomic mass is 16.6. The Morgan fingerprint density at radius 1 is 1.09 bits per heavy atom. The van der Waals surface area contributed by atoms with Gasteiger partial charge in [0.1, 0.15) is 18.4 Å². The summed E-state index contributed by atoms with van der Waals surface area (Å²) in [7, 11) is 0. The summed E-state index contributed by atoms with van der Waals surface area (Å²) in [6, 6.07) is 15.2. The largest absolute Gasteiger partial charge is 0.460 e. The number of para-hydroxylation sites is 1. The molecule has 2 atom stereocenters. The smallest absolute Gasteiger partial charge is 0.366 e. The number of nitrogens with zero attached hydrogens (tertiary/aromatic N) is 2. The van der Waals surface area contributed by atoms with Gasteiger partial charge in [-0.1, -0.05) is 42.5 Å². The maximum absolute atomic E-state index is 13.4. The van der Waals surface area contributed by atoms with E-state index >= 15 is 0 Å². The minimum absolute atomic E-state index is 0.178. The average molecular weight is 434 g/mol. The van der Waals surface area contributed by atoms with E-state index in [1.807, 2.05) is 75.5 Å². The molecule has 2 aliphatic heterocycles. The quantitative estimate of drug-likeness (QED) is 0.503. The lowest BCUT2D eigenvalue weighted by molar-refractivity contribution is -0.156. The molecule has 2 aromatic rings. The molecule has 2 aliphatic rings. The molecular weight excluding hydrogens is 404 g/mol. The number of benzene rings is 2. The van der Waals surface area contributed by atoms with Gasteiger partial charge in [0, 0.05) is 18.2 Å². The number of carbonyl (C=O) groups is 2. The molecule has 2 aromatic carbocycles. The van der Waals surface area contributed by atoms with Crippen LogP contribution in [0.25, 0.3) is 0 Å². The molecule has 0 aliphatic carbocycles. The molecule has 1 unspecified atom stereocenters. The molecule has 166 valence electrons. The third kappa shape index (κ3) is 4.50. The number of carbonyl (C=O) groups excluding carboxylic acids is 2. The first-order valence-electron chi connectivity index (χ1n) is 10.9. The van der Waals surface area contributed by atoms with Crippen LogP contribution in [0.1, 0.15) is 43.9 Å². The molecule has 32 heavy (non-hydrogen) atoms. The molecule has 2 heterocycles. The molecule has 0 spiro atoms. The second-order valence-corrected chi connectivity index (χ2v) is 9.24. The average Bonchev–Trinajstić information content (AvgIpc) is 2.96. The number of hydrogen-bond acceptors (Lipinski definition) is 5. The highest BCUT2D eigenvalue weighted by Gasteiger charge is 2.52. The van der Waals surface area contributed by atoms with E-state index in [1.54, 1.807) is 12.4 Å². The van der Waals surface area contributed by atoms with E-state index in [1.165, 1.54) is 0 Å². The van der Waals surface area contributed by atoms with Gasteiger partial charge in [-0.3, -0.25) is 14.3 Å². The lowest BCUT2D eigenvalue weighted by Crippen LogP contribution is -2.55. The topological polar surface area (TPSA) is 65.0 Å². The Morgan fingerprint density at radius 2 is 1.88 bits per heavy atom. The van der Waals surface area contributed by atoms with Gasteiger partial charge < -0.3 is 9.47 Å². The highest BCUT2D eigenvalue weighted by Crippen LogP contribution is 2.43. The molecule has 6 heteroatoms. The zero-order valence-corrected chi connectivity index (χ0v) is 18.8. The van der Waals surface area contributed by atoms with E-state index in [9.17, 15) is 9.59 Å². The minimum Gasteiger partial charge on any atom is -0.460 e. The van der Waals surface area contributed by atoms with Crippen LogP contribution in [-0.4, -0.2) is 36.3 Å². The molecule has 0 saturated heterocycles. The van der Waals surface area contributed by atoms with E-state index in [0.29, 0.717) is 13.0 Å². The maximum atomic E-state index is 13.4. The van der Waals surface area contributed by atoms with Gasteiger partial charge in [-0.2, -0.15) is 0 Å². The fraction of sp³-hybridized carbons (Fsp3) is 0.346. The molecule has 4 rings (SSSR count). The molecule has 0 amide bonds. The highest BCUT2D eigenvalue weighted by molar-refractivity contribution is 5.94. The Hall–Kier alpha value is -3.25. The summed E-state index contributed by atoms with van der Waals surface area (Å²) in [5.41, 5.74) is 3.42. The fourth-order valence-electron chi connectivity index (χ4n) is 4.48. The normalized spacial score (nSPS) is 21.0. The second kappa shape index (κ2) is 8.71. The van der Waals surface area contributed by atoms with Gasteiger partial charge in [-0.25, -0.2) is 4.79 Å². The van der Waals surface area contributed by atoms with Crippen molar-refractivity contribution in [3.63, 3.8) is 0 Å². The molecule has 0 N–H and O–H groups in total. The van der Waals surface area contributed by atoms with Gasteiger partial charge in [0.2, 0.25) is 6.04 Å². The van der Waals surface area contributed by atoms with E-state index in [-0.39, 0.29) is 29.4 Å². The molecule has 0 bridgehead atoms. The Balaban J connectivity index is 1.63. The number of esters is 2. The predicted molar refractivity (Wildman–Crippen MR) is 124 cm³/mol. The van der Waals surface area contributed by atoms with Crippen LogP contribution in [0.3, 0.4) is 0 Å². The fourth-order valence-corrected chi connectivity index (χ4v) is 4.48. The molecule has 0 aromatic heterocycles. The van der Waals surface area contributed by atoms with Crippen molar-refractivity contribution < 1.29 is 19.1 Å². The Bertz CT molecular complexity index is 1070. The third-order valence-corrected chi connectivity index (χ3v) is 5.77. The van der Waals surface area contributed by atoms with Crippen LogP contribution >= 0.6 is 0 Å². The zero-order valence-electron chi connectivity index (χ0n) is 18.8. The van der Waals surface area contributed by atoms with Crippen molar-refractivity contribution >= 4 is 23.8 Å². The molecule has 0 fully saturated rings. The van der Waals surface area contributed by atoms with Crippen LogP contribution in [0, 0.1) is 0 Å². The van der Waals surface area contributed by atoms with Gasteiger partial charge in [0.05, 0.1) is 24.7 Å². The number of rotatable bonds is 6. The minimum atomic E-state index is -0.559. The first kappa shape index (κ1) is 22.0.